The molecule has 3 nitrogen and oxygen atoms in total. The van der Waals surface area contributed by atoms with E-state index in [0.717, 1.165) is 32.8 Å². The molecule has 0 aliphatic carbocycles. The van der Waals surface area contributed by atoms with Crippen LogP contribution in [-0.2, 0) is 17.8 Å². The van der Waals surface area contributed by atoms with Crippen molar-refractivity contribution in [3.8, 4) is 0 Å². The topological polar surface area (TPSA) is 25.4 Å². The number of rotatable bonds is 6. The molecule has 0 amide bonds. The lowest BCUT2D eigenvalue weighted by molar-refractivity contribution is 0.161. The van der Waals surface area contributed by atoms with Crippen molar-refractivity contribution in [2.24, 2.45) is 5.92 Å². The lowest BCUT2D eigenvalue weighted by Gasteiger charge is -2.24. The highest BCUT2D eigenvalue weighted by Gasteiger charge is 2.19. The quantitative estimate of drug-likeness (QED) is 0.816. The minimum atomic E-state index is 0.672. The largest absolute Gasteiger partial charge is 0.381 e. The third kappa shape index (κ3) is 3.88. The molecule has 1 aliphatic rings. The fourth-order valence-electron chi connectivity index (χ4n) is 2.67. The summed E-state index contributed by atoms with van der Waals surface area (Å²) in [7, 11) is 0. The fourth-order valence-corrected chi connectivity index (χ4v) is 3.33. The molecule has 1 aliphatic heterocycles. The van der Waals surface area contributed by atoms with Crippen LogP contribution in [-0.4, -0.2) is 29.6 Å². The van der Waals surface area contributed by atoms with Crippen LogP contribution in [0.5, 0.6) is 0 Å². The molecule has 2 aromatic rings. The minimum absolute atomic E-state index is 0.672. The number of pyridine rings is 1. The van der Waals surface area contributed by atoms with Crippen molar-refractivity contribution in [3.05, 3.63) is 52.5 Å². The molecule has 0 saturated carbocycles. The zero-order valence-electron chi connectivity index (χ0n) is 11.6. The Labute approximate surface area is 124 Å². The summed E-state index contributed by atoms with van der Waals surface area (Å²) in [6, 6.07) is 6.38. The Balaban J connectivity index is 1.65. The number of ether oxygens (including phenoxy) is 1. The minimum Gasteiger partial charge on any atom is -0.381 e. The number of nitrogens with zero attached hydrogens (tertiary/aromatic N) is 2. The van der Waals surface area contributed by atoms with Gasteiger partial charge >= 0.3 is 0 Å². The van der Waals surface area contributed by atoms with Crippen molar-refractivity contribution < 1.29 is 4.74 Å². The van der Waals surface area contributed by atoms with Gasteiger partial charge < -0.3 is 4.74 Å². The SMILES string of the molecule is c1cncc(CN(Cc2ccsc2)C[C@H]2CCOC2)c1. The molecule has 0 aromatic carbocycles. The monoisotopic (exact) mass is 288 g/mol. The molecule has 4 heteroatoms. The Morgan fingerprint density at radius 2 is 2.25 bits per heavy atom. The van der Waals surface area contributed by atoms with Gasteiger partial charge in [-0.05, 0) is 46.4 Å². The zero-order chi connectivity index (χ0) is 13.6. The van der Waals surface area contributed by atoms with E-state index in [4.69, 9.17) is 4.74 Å². The average Bonchev–Trinajstić information content (AvgIpc) is 3.13. The van der Waals surface area contributed by atoms with Gasteiger partial charge in [0.1, 0.15) is 0 Å². The van der Waals surface area contributed by atoms with E-state index in [2.05, 4.69) is 32.8 Å². The third-order valence-corrected chi connectivity index (χ3v) is 4.39. The van der Waals surface area contributed by atoms with E-state index in [0.29, 0.717) is 5.92 Å². The Kier molecular flexibility index (Phi) is 4.79. The molecule has 0 unspecified atom stereocenters. The maximum absolute atomic E-state index is 5.51. The van der Waals surface area contributed by atoms with Crippen LogP contribution in [0.4, 0.5) is 0 Å². The summed E-state index contributed by atoms with van der Waals surface area (Å²) in [5.74, 6) is 0.672. The molecule has 0 spiro atoms. The van der Waals surface area contributed by atoms with Gasteiger partial charge in [-0.1, -0.05) is 6.07 Å². The highest BCUT2D eigenvalue weighted by atomic mass is 32.1. The smallest absolute Gasteiger partial charge is 0.0507 e. The van der Waals surface area contributed by atoms with Crippen LogP contribution >= 0.6 is 11.3 Å². The fraction of sp³-hybridized carbons (Fsp3) is 0.438. The molecule has 1 saturated heterocycles. The van der Waals surface area contributed by atoms with Crippen LogP contribution < -0.4 is 0 Å². The van der Waals surface area contributed by atoms with E-state index in [1.54, 1.807) is 11.3 Å². The summed E-state index contributed by atoms with van der Waals surface area (Å²) in [5, 5.41) is 4.39. The molecular weight excluding hydrogens is 268 g/mol. The number of hydrogen-bond donors (Lipinski definition) is 0. The first-order valence-electron chi connectivity index (χ1n) is 7.10. The van der Waals surface area contributed by atoms with Crippen LogP contribution in [0.25, 0.3) is 0 Å². The molecule has 1 fully saturated rings. The molecule has 106 valence electrons. The second kappa shape index (κ2) is 6.97. The lowest BCUT2D eigenvalue weighted by atomic mass is 10.1. The first-order valence-corrected chi connectivity index (χ1v) is 8.04. The van der Waals surface area contributed by atoms with Gasteiger partial charge in [0.25, 0.3) is 0 Å². The predicted octanol–water partition coefficient (Wildman–Crippen LogP) is 3.18. The molecule has 2 aromatic heterocycles. The first kappa shape index (κ1) is 13.7. The summed E-state index contributed by atoms with van der Waals surface area (Å²) < 4.78 is 5.51. The van der Waals surface area contributed by atoms with Crippen molar-refractivity contribution in [1.82, 2.24) is 9.88 Å². The second-order valence-electron chi connectivity index (χ2n) is 5.39. The van der Waals surface area contributed by atoms with E-state index in [1.165, 1.54) is 17.5 Å². The molecule has 20 heavy (non-hydrogen) atoms. The van der Waals surface area contributed by atoms with Crippen LogP contribution in [0.1, 0.15) is 17.5 Å². The Morgan fingerprint density at radius 1 is 1.30 bits per heavy atom. The van der Waals surface area contributed by atoms with Crippen molar-refractivity contribution in [2.75, 3.05) is 19.8 Å². The molecule has 3 heterocycles. The number of hydrogen-bond acceptors (Lipinski definition) is 4. The molecular formula is C16H20N2OS. The van der Waals surface area contributed by atoms with Gasteiger partial charge in [0.15, 0.2) is 0 Å². The van der Waals surface area contributed by atoms with E-state index in [-0.39, 0.29) is 0 Å². The van der Waals surface area contributed by atoms with Gasteiger partial charge in [0.05, 0.1) is 6.61 Å². The molecule has 1 atom stereocenters. The number of thiophene rings is 1. The molecule has 0 radical (unpaired) electrons. The summed E-state index contributed by atoms with van der Waals surface area (Å²) in [6.45, 7) is 4.90. The van der Waals surface area contributed by atoms with Crippen molar-refractivity contribution in [2.45, 2.75) is 19.5 Å². The predicted molar refractivity (Wildman–Crippen MR) is 81.6 cm³/mol. The molecule has 0 N–H and O–H groups in total. The Bertz CT molecular complexity index is 494. The molecule has 3 rings (SSSR count). The maximum atomic E-state index is 5.51. The van der Waals surface area contributed by atoms with E-state index in [1.807, 2.05) is 18.5 Å². The normalized spacial score (nSPS) is 18.8. The van der Waals surface area contributed by atoms with Gasteiger partial charge in [-0.2, -0.15) is 11.3 Å². The van der Waals surface area contributed by atoms with Gasteiger partial charge in [-0.3, -0.25) is 9.88 Å². The third-order valence-electron chi connectivity index (χ3n) is 3.66. The van der Waals surface area contributed by atoms with Crippen molar-refractivity contribution >= 4 is 11.3 Å². The van der Waals surface area contributed by atoms with Crippen LogP contribution in [0.3, 0.4) is 0 Å². The van der Waals surface area contributed by atoms with Gasteiger partial charge in [0.2, 0.25) is 0 Å². The zero-order valence-corrected chi connectivity index (χ0v) is 12.4. The lowest BCUT2D eigenvalue weighted by Crippen LogP contribution is -2.29. The van der Waals surface area contributed by atoms with E-state index < -0.39 is 0 Å². The van der Waals surface area contributed by atoms with Gasteiger partial charge in [0, 0.05) is 38.6 Å². The van der Waals surface area contributed by atoms with Crippen LogP contribution in [0, 0.1) is 5.92 Å². The Hall–Kier alpha value is -1.23. The highest BCUT2D eigenvalue weighted by molar-refractivity contribution is 7.07. The summed E-state index contributed by atoms with van der Waals surface area (Å²) >= 11 is 1.77. The second-order valence-corrected chi connectivity index (χ2v) is 6.17. The van der Waals surface area contributed by atoms with Gasteiger partial charge in [-0.25, -0.2) is 0 Å². The van der Waals surface area contributed by atoms with Gasteiger partial charge in [-0.15, -0.1) is 0 Å². The van der Waals surface area contributed by atoms with Crippen molar-refractivity contribution in [3.63, 3.8) is 0 Å². The highest BCUT2D eigenvalue weighted by Crippen LogP contribution is 2.18. The molecule has 0 bridgehead atoms. The van der Waals surface area contributed by atoms with Crippen LogP contribution in [0.15, 0.2) is 41.4 Å². The standard InChI is InChI=1S/C16H20N2OS/c1-2-14(8-17-5-1)9-18(10-15-3-6-19-12-15)11-16-4-7-20-13-16/h1-2,4-5,7-8,13,15H,3,6,9-12H2/t15-/m1/s1. The van der Waals surface area contributed by atoms with E-state index in [9.17, 15) is 0 Å². The summed E-state index contributed by atoms with van der Waals surface area (Å²) in [5.41, 5.74) is 2.68. The van der Waals surface area contributed by atoms with Crippen LogP contribution in [0.2, 0.25) is 0 Å². The average molecular weight is 288 g/mol. The maximum Gasteiger partial charge on any atom is 0.0507 e. The van der Waals surface area contributed by atoms with E-state index >= 15 is 0 Å². The first-order chi connectivity index (χ1) is 9.90. The summed E-state index contributed by atoms with van der Waals surface area (Å²) in [6.07, 6.45) is 4.98. The Morgan fingerprint density at radius 3 is 2.95 bits per heavy atom. The summed E-state index contributed by atoms with van der Waals surface area (Å²) in [4.78, 5) is 6.73. The van der Waals surface area contributed by atoms with Crippen molar-refractivity contribution in [1.29, 1.82) is 0 Å². The number of aromatic nitrogens is 1.